The molecule has 0 radical (unpaired) electrons. The Morgan fingerprint density at radius 1 is 1.29 bits per heavy atom. The Hall–Kier alpha value is -1.55. The van der Waals surface area contributed by atoms with Crippen molar-refractivity contribution < 1.29 is 14.3 Å². The Bertz CT molecular complexity index is 481. The van der Waals surface area contributed by atoms with E-state index in [-0.39, 0.29) is 17.9 Å². The maximum Gasteiger partial charge on any atom is 0.323 e. The van der Waals surface area contributed by atoms with E-state index >= 15 is 0 Å². The van der Waals surface area contributed by atoms with E-state index in [1.807, 2.05) is 26.0 Å². The van der Waals surface area contributed by atoms with Gasteiger partial charge in [-0.25, -0.2) is 0 Å². The minimum Gasteiger partial charge on any atom is -0.497 e. The molecule has 0 heterocycles. The Balaban J connectivity index is 1.89. The van der Waals surface area contributed by atoms with Gasteiger partial charge in [0.25, 0.3) is 0 Å². The summed E-state index contributed by atoms with van der Waals surface area (Å²) in [5.41, 5.74) is 1.31. The summed E-state index contributed by atoms with van der Waals surface area (Å²) in [6.45, 7) is 4.07. The zero-order valence-corrected chi connectivity index (χ0v) is 13.3. The molecule has 2 rings (SSSR count). The zero-order valence-electron chi connectivity index (χ0n) is 13.3. The number of benzene rings is 1. The fourth-order valence-corrected chi connectivity index (χ4v) is 2.84. The molecular formula is C17H25NO3. The molecule has 0 aliphatic heterocycles. The van der Waals surface area contributed by atoms with Crippen molar-refractivity contribution in [2.75, 3.05) is 14.2 Å². The molecule has 1 aromatic rings. The van der Waals surface area contributed by atoms with Crippen LogP contribution in [0.25, 0.3) is 0 Å². The van der Waals surface area contributed by atoms with Crippen molar-refractivity contribution in [2.45, 2.75) is 44.7 Å². The highest BCUT2D eigenvalue weighted by atomic mass is 16.5. The minimum atomic E-state index is -0.216. The SMILES string of the molecule is COC(=O)C(NC1CC(c2cccc(OC)c2)C1)C(C)C. The van der Waals surface area contributed by atoms with Crippen LogP contribution < -0.4 is 10.1 Å². The van der Waals surface area contributed by atoms with Gasteiger partial charge in [0.15, 0.2) is 0 Å². The van der Waals surface area contributed by atoms with E-state index in [0.717, 1.165) is 18.6 Å². The third-order valence-corrected chi connectivity index (χ3v) is 4.24. The zero-order chi connectivity index (χ0) is 15.4. The molecule has 1 aromatic carbocycles. The molecule has 1 N–H and O–H groups in total. The van der Waals surface area contributed by atoms with E-state index in [4.69, 9.17) is 9.47 Å². The van der Waals surface area contributed by atoms with E-state index in [0.29, 0.717) is 12.0 Å². The Morgan fingerprint density at radius 2 is 2.00 bits per heavy atom. The molecule has 0 aromatic heterocycles. The number of carbonyl (C=O) groups is 1. The number of methoxy groups -OCH3 is 2. The lowest BCUT2D eigenvalue weighted by molar-refractivity contribution is -0.144. The summed E-state index contributed by atoms with van der Waals surface area (Å²) in [5, 5.41) is 3.43. The largest absolute Gasteiger partial charge is 0.497 e. The Labute approximate surface area is 126 Å². The second-order valence-corrected chi connectivity index (χ2v) is 6.05. The topological polar surface area (TPSA) is 47.6 Å². The monoisotopic (exact) mass is 291 g/mol. The smallest absolute Gasteiger partial charge is 0.323 e. The van der Waals surface area contributed by atoms with E-state index in [9.17, 15) is 4.79 Å². The molecule has 1 aliphatic carbocycles. The quantitative estimate of drug-likeness (QED) is 0.819. The first-order chi connectivity index (χ1) is 10.0. The van der Waals surface area contributed by atoms with Crippen LogP contribution in [0, 0.1) is 5.92 Å². The van der Waals surface area contributed by atoms with Crippen molar-refractivity contribution in [1.29, 1.82) is 0 Å². The van der Waals surface area contributed by atoms with Gasteiger partial charge in [-0.15, -0.1) is 0 Å². The molecule has 0 saturated heterocycles. The highest BCUT2D eigenvalue weighted by molar-refractivity contribution is 5.76. The van der Waals surface area contributed by atoms with Crippen molar-refractivity contribution in [3.63, 3.8) is 0 Å². The third kappa shape index (κ3) is 3.76. The van der Waals surface area contributed by atoms with Crippen LogP contribution in [-0.2, 0) is 9.53 Å². The number of hydrogen-bond acceptors (Lipinski definition) is 4. The lowest BCUT2D eigenvalue weighted by Gasteiger charge is -2.39. The number of carbonyl (C=O) groups excluding carboxylic acids is 1. The van der Waals surface area contributed by atoms with Crippen LogP contribution in [0.5, 0.6) is 5.75 Å². The minimum absolute atomic E-state index is 0.171. The summed E-state index contributed by atoms with van der Waals surface area (Å²) < 4.78 is 10.1. The lowest BCUT2D eigenvalue weighted by atomic mass is 9.75. The van der Waals surface area contributed by atoms with Crippen molar-refractivity contribution in [3.8, 4) is 5.75 Å². The van der Waals surface area contributed by atoms with Crippen LogP contribution >= 0.6 is 0 Å². The first-order valence-corrected chi connectivity index (χ1v) is 7.53. The van der Waals surface area contributed by atoms with Gasteiger partial charge in [0, 0.05) is 6.04 Å². The summed E-state index contributed by atoms with van der Waals surface area (Å²) >= 11 is 0. The molecule has 4 nitrogen and oxygen atoms in total. The summed E-state index contributed by atoms with van der Waals surface area (Å²) in [7, 11) is 3.13. The molecule has 1 saturated carbocycles. The van der Waals surface area contributed by atoms with Gasteiger partial charge in [-0.2, -0.15) is 0 Å². The molecule has 1 atom stereocenters. The highest BCUT2D eigenvalue weighted by Crippen LogP contribution is 2.38. The summed E-state index contributed by atoms with van der Waals surface area (Å²) in [5.74, 6) is 1.50. The molecular weight excluding hydrogens is 266 g/mol. The molecule has 0 bridgehead atoms. The lowest BCUT2D eigenvalue weighted by Crippen LogP contribution is -2.51. The molecule has 4 heteroatoms. The molecule has 116 valence electrons. The van der Waals surface area contributed by atoms with Gasteiger partial charge >= 0.3 is 5.97 Å². The number of rotatable bonds is 6. The first-order valence-electron chi connectivity index (χ1n) is 7.53. The van der Waals surface area contributed by atoms with Gasteiger partial charge in [0.2, 0.25) is 0 Å². The van der Waals surface area contributed by atoms with E-state index in [1.54, 1.807) is 7.11 Å². The molecule has 1 fully saturated rings. The second-order valence-electron chi connectivity index (χ2n) is 6.05. The van der Waals surface area contributed by atoms with Crippen LogP contribution in [0.2, 0.25) is 0 Å². The van der Waals surface area contributed by atoms with E-state index in [1.165, 1.54) is 12.7 Å². The summed E-state index contributed by atoms with van der Waals surface area (Å²) in [4.78, 5) is 11.8. The van der Waals surface area contributed by atoms with Gasteiger partial charge in [-0.3, -0.25) is 4.79 Å². The Morgan fingerprint density at radius 3 is 2.57 bits per heavy atom. The van der Waals surface area contributed by atoms with Gasteiger partial charge in [0.1, 0.15) is 11.8 Å². The van der Waals surface area contributed by atoms with E-state index in [2.05, 4.69) is 17.4 Å². The summed E-state index contributed by atoms with van der Waals surface area (Å²) in [6, 6.07) is 8.40. The van der Waals surface area contributed by atoms with E-state index < -0.39 is 0 Å². The van der Waals surface area contributed by atoms with Crippen molar-refractivity contribution in [1.82, 2.24) is 5.32 Å². The van der Waals surface area contributed by atoms with Crippen LogP contribution in [0.4, 0.5) is 0 Å². The predicted octanol–water partition coefficient (Wildman–Crippen LogP) is 2.73. The molecule has 1 unspecified atom stereocenters. The molecule has 1 aliphatic rings. The van der Waals surface area contributed by atoms with Gasteiger partial charge < -0.3 is 14.8 Å². The van der Waals surface area contributed by atoms with Gasteiger partial charge in [-0.1, -0.05) is 26.0 Å². The van der Waals surface area contributed by atoms with Crippen molar-refractivity contribution in [3.05, 3.63) is 29.8 Å². The molecule has 21 heavy (non-hydrogen) atoms. The standard InChI is InChI=1S/C17H25NO3/c1-11(2)16(17(19)21-4)18-14-8-13(9-14)12-6-5-7-15(10-12)20-3/h5-7,10-11,13-14,16,18H,8-9H2,1-4H3. The Kier molecular flexibility index (Phi) is 5.23. The first kappa shape index (κ1) is 15.8. The van der Waals surface area contributed by atoms with Crippen LogP contribution in [-0.4, -0.2) is 32.3 Å². The number of esters is 1. The molecule has 0 amide bonds. The average Bonchev–Trinajstić information content (AvgIpc) is 2.45. The second kappa shape index (κ2) is 6.94. The van der Waals surface area contributed by atoms with Crippen molar-refractivity contribution >= 4 is 5.97 Å². The normalized spacial score (nSPS) is 22.5. The third-order valence-electron chi connectivity index (χ3n) is 4.24. The van der Waals surface area contributed by atoms with Crippen LogP contribution in [0.3, 0.4) is 0 Å². The highest BCUT2D eigenvalue weighted by Gasteiger charge is 2.34. The fraction of sp³-hybridized carbons (Fsp3) is 0.588. The molecule has 0 spiro atoms. The predicted molar refractivity (Wildman–Crippen MR) is 82.5 cm³/mol. The number of ether oxygens (including phenoxy) is 2. The number of nitrogens with one attached hydrogen (secondary N) is 1. The van der Waals surface area contributed by atoms with Crippen LogP contribution in [0.1, 0.15) is 38.2 Å². The van der Waals surface area contributed by atoms with Gasteiger partial charge in [-0.05, 0) is 42.4 Å². The maximum absolute atomic E-state index is 11.8. The van der Waals surface area contributed by atoms with Gasteiger partial charge in [0.05, 0.1) is 14.2 Å². The maximum atomic E-state index is 11.8. The number of hydrogen-bond donors (Lipinski definition) is 1. The van der Waals surface area contributed by atoms with Crippen LogP contribution in [0.15, 0.2) is 24.3 Å². The average molecular weight is 291 g/mol. The van der Waals surface area contributed by atoms with Crippen molar-refractivity contribution in [2.24, 2.45) is 5.92 Å². The fourth-order valence-electron chi connectivity index (χ4n) is 2.84. The summed E-state index contributed by atoms with van der Waals surface area (Å²) in [6.07, 6.45) is 2.10.